The molecule has 3 aromatic heterocycles. The fraction of sp³-hybridized carbons (Fsp3) is 0.0526. The first-order chi connectivity index (χ1) is 13.1. The van der Waals surface area contributed by atoms with Crippen molar-refractivity contribution in [2.75, 3.05) is 0 Å². The van der Waals surface area contributed by atoms with Crippen LogP contribution in [0.1, 0.15) is 26.6 Å². The number of nitrogens with zero attached hydrogens (tertiary/aromatic N) is 2. The first-order valence-electron chi connectivity index (χ1n) is 8.09. The van der Waals surface area contributed by atoms with Crippen LogP contribution in [-0.4, -0.2) is 22.0 Å². The Kier molecular flexibility index (Phi) is 4.13. The zero-order valence-electron chi connectivity index (χ0n) is 14.2. The number of hydrogen-bond donors (Lipinski definition) is 2. The second kappa shape index (κ2) is 6.75. The highest BCUT2D eigenvalue weighted by molar-refractivity contribution is 6.08. The van der Waals surface area contributed by atoms with E-state index >= 15 is 0 Å². The number of amides is 2. The number of hydrogen-bond acceptors (Lipinski definition) is 6. The summed E-state index contributed by atoms with van der Waals surface area (Å²) in [6, 6.07) is 13.8. The highest BCUT2D eigenvalue weighted by atomic mass is 16.5. The fourth-order valence-corrected chi connectivity index (χ4v) is 2.63. The average Bonchev–Trinajstić information content (AvgIpc) is 3.37. The van der Waals surface area contributed by atoms with Gasteiger partial charge in [-0.15, -0.1) is 0 Å². The van der Waals surface area contributed by atoms with Crippen molar-refractivity contribution < 1.29 is 18.5 Å². The molecule has 0 bridgehead atoms. The lowest BCUT2D eigenvalue weighted by Gasteiger charge is -2.10. The first-order valence-corrected chi connectivity index (χ1v) is 8.09. The highest BCUT2D eigenvalue weighted by Gasteiger charge is 2.17. The average molecular weight is 362 g/mol. The number of fused-ring (bicyclic) bond motifs is 1. The molecule has 0 atom stereocenters. The van der Waals surface area contributed by atoms with Crippen LogP contribution >= 0.6 is 0 Å². The predicted molar refractivity (Wildman–Crippen MR) is 95.6 cm³/mol. The molecule has 0 fully saturated rings. The number of hydrazine groups is 1. The minimum absolute atomic E-state index is 0.0728. The normalized spacial score (nSPS) is 10.7. The minimum Gasteiger partial charge on any atom is -0.463 e. The number of rotatable bonds is 3. The standard InChI is InChI=1S/C19H14N4O4/c1-11-9-16(23-27-11)19(25)22-21-18(24)13-10-15(17-7-4-8-26-17)20-14-6-3-2-5-12(13)14/h2-10H,1H3,(H,21,24)(H,22,25). The van der Waals surface area contributed by atoms with Crippen molar-refractivity contribution in [1.29, 1.82) is 0 Å². The molecule has 27 heavy (non-hydrogen) atoms. The van der Waals surface area contributed by atoms with Gasteiger partial charge in [-0.3, -0.25) is 20.4 Å². The van der Waals surface area contributed by atoms with Crippen LogP contribution in [0.4, 0.5) is 0 Å². The van der Waals surface area contributed by atoms with Crippen LogP contribution in [0.3, 0.4) is 0 Å². The van der Waals surface area contributed by atoms with E-state index in [9.17, 15) is 9.59 Å². The summed E-state index contributed by atoms with van der Waals surface area (Å²) in [4.78, 5) is 29.3. The quantitative estimate of drug-likeness (QED) is 0.542. The molecule has 0 spiro atoms. The van der Waals surface area contributed by atoms with E-state index in [4.69, 9.17) is 8.94 Å². The van der Waals surface area contributed by atoms with Crippen molar-refractivity contribution in [2.45, 2.75) is 6.92 Å². The van der Waals surface area contributed by atoms with Crippen molar-refractivity contribution in [3.05, 3.63) is 71.8 Å². The zero-order chi connectivity index (χ0) is 18.8. The monoisotopic (exact) mass is 362 g/mol. The molecule has 8 heteroatoms. The number of pyridine rings is 1. The second-order valence-corrected chi connectivity index (χ2v) is 5.78. The Morgan fingerprint density at radius 2 is 1.81 bits per heavy atom. The summed E-state index contributed by atoms with van der Waals surface area (Å²) in [6.45, 7) is 1.67. The molecule has 0 aliphatic rings. The topological polar surface area (TPSA) is 110 Å². The van der Waals surface area contributed by atoms with Crippen LogP contribution in [0, 0.1) is 6.92 Å². The molecule has 134 valence electrons. The minimum atomic E-state index is -0.579. The number of para-hydroxylation sites is 1. The molecule has 0 unspecified atom stereocenters. The molecule has 0 saturated heterocycles. The van der Waals surface area contributed by atoms with Gasteiger partial charge in [0, 0.05) is 11.5 Å². The third-order valence-electron chi connectivity index (χ3n) is 3.88. The largest absolute Gasteiger partial charge is 0.463 e. The van der Waals surface area contributed by atoms with Crippen LogP contribution in [0.25, 0.3) is 22.4 Å². The Balaban J connectivity index is 1.63. The summed E-state index contributed by atoms with van der Waals surface area (Å²) < 4.78 is 10.2. The third kappa shape index (κ3) is 3.28. The van der Waals surface area contributed by atoms with Gasteiger partial charge in [0.05, 0.1) is 17.3 Å². The number of nitrogens with one attached hydrogen (secondary N) is 2. The van der Waals surface area contributed by atoms with Gasteiger partial charge in [0.1, 0.15) is 11.5 Å². The lowest BCUT2D eigenvalue weighted by atomic mass is 10.1. The molecule has 4 aromatic rings. The van der Waals surface area contributed by atoms with Crippen LogP contribution in [0.2, 0.25) is 0 Å². The van der Waals surface area contributed by atoms with Gasteiger partial charge in [0.25, 0.3) is 11.8 Å². The van der Waals surface area contributed by atoms with Gasteiger partial charge in [-0.2, -0.15) is 0 Å². The van der Waals surface area contributed by atoms with E-state index in [1.54, 1.807) is 37.3 Å². The molecule has 0 aliphatic heterocycles. The molecule has 0 radical (unpaired) electrons. The van der Waals surface area contributed by atoms with Crippen molar-refractivity contribution in [1.82, 2.24) is 21.0 Å². The molecule has 1 aromatic carbocycles. The molecular formula is C19H14N4O4. The maximum absolute atomic E-state index is 12.7. The fourth-order valence-electron chi connectivity index (χ4n) is 2.63. The molecule has 4 rings (SSSR count). The van der Waals surface area contributed by atoms with Gasteiger partial charge in [0.15, 0.2) is 11.5 Å². The smallest absolute Gasteiger partial charge is 0.291 e. The Labute approximate surface area is 153 Å². The Morgan fingerprint density at radius 3 is 2.56 bits per heavy atom. The van der Waals surface area contributed by atoms with E-state index in [1.807, 2.05) is 12.1 Å². The summed E-state index contributed by atoms with van der Waals surface area (Å²) in [7, 11) is 0. The summed E-state index contributed by atoms with van der Waals surface area (Å²) in [5.41, 5.74) is 6.29. The number of benzene rings is 1. The summed E-state index contributed by atoms with van der Waals surface area (Å²) >= 11 is 0. The van der Waals surface area contributed by atoms with E-state index in [0.29, 0.717) is 33.7 Å². The Bertz CT molecular complexity index is 1130. The van der Waals surface area contributed by atoms with Crippen molar-refractivity contribution >= 4 is 22.7 Å². The molecule has 0 aliphatic carbocycles. The van der Waals surface area contributed by atoms with E-state index in [0.717, 1.165) is 0 Å². The molecule has 0 saturated carbocycles. The summed E-state index contributed by atoms with van der Waals surface area (Å²) in [5.74, 6) is -0.0357. The number of carbonyl (C=O) groups excluding carboxylic acids is 2. The van der Waals surface area contributed by atoms with E-state index in [2.05, 4.69) is 21.0 Å². The number of aromatic nitrogens is 2. The maximum atomic E-state index is 12.7. The van der Waals surface area contributed by atoms with Crippen molar-refractivity contribution in [3.8, 4) is 11.5 Å². The first kappa shape index (κ1) is 16.5. The van der Waals surface area contributed by atoms with E-state index in [-0.39, 0.29) is 5.69 Å². The molecule has 2 amide bonds. The number of carbonyl (C=O) groups is 2. The van der Waals surface area contributed by atoms with Gasteiger partial charge in [-0.1, -0.05) is 23.4 Å². The van der Waals surface area contributed by atoms with Crippen LogP contribution < -0.4 is 10.9 Å². The predicted octanol–water partition coefficient (Wildman–Crippen LogP) is 2.87. The van der Waals surface area contributed by atoms with Crippen molar-refractivity contribution in [2.24, 2.45) is 0 Å². The molecule has 3 heterocycles. The highest BCUT2D eigenvalue weighted by Crippen LogP contribution is 2.25. The summed E-state index contributed by atoms with van der Waals surface area (Å²) in [5, 5.41) is 4.25. The SMILES string of the molecule is Cc1cc(C(=O)NNC(=O)c2cc(-c3ccco3)nc3ccccc23)no1. The number of aryl methyl sites for hydroxylation is 1. The maximum Gasteiger partial charge on any atom is 0.291 e. The van der Waals surface area contributed by atoms with Crippen LogP contribution in [0.15, 0.2) is 63.7 Å². The van der Waals surface area contributed by atoms with Gasteiger partial charge < -0.3 is 8.94 Å². The van der Waals surface area contributed by atoms with Gasteiger partial charge in [-0.25, -0.2) is 4.98 Å². The van der Waals surface area contributed by atoms with E-state index < -0.39 is 11.8 Å². The van der Waals surface area contributed by atoms with Gasteiger partial charge in [0.2, 0.25) is 0 Å². The van der Waals surface area contributed by atoms with Gasteiger partial charge >= 0.3 is 0 Å². The Hall–Kier alpha value is -3.94. The zero-order valence-corrected chi connectivity index (χ0v) is 14.2. The molecule has 8 nitrogen and oxygen atoms in total. The molecule has 2 N–H and O–H groups in total. The Morgan fingerprint density at radius 1 is 1.00 bits per heavy atom. The lowest BCUT2D eigenvalue weighted by Crippen LogP contribution is -2.41. The van der Waals surface area contributed by atoms with Crippen molar-refractivity contribution in [3.63, 3.8) is 0 Å². The van der Waals surface area contributed by atoms with E-state index in [1.165, 1.54) is 12.3 Å². The van der Waals surface area contributed by atoms with Crippen LogP contribution in [0.5, 0.6) is 0 Å². The van der Waals surface area contributed by atoms with Gasteiger partial charge in [-0.05, 0) is 31.2 Å². The van der Waals surface area contributed by atoms with Crippen LogP contribution in [-0.2, 0) is 0 Å². The number of furan rings is 1. The summed E-state index contributed by atoms with van der Waals surface area (Å²) in [6.07, 6.45) is 1.53. The third-order valence-corrected chi connectivity index (χ3v) is 3.88. The molecular weight excluding hydrogens is 348 g/mol. The second-order valence-electron chi connectivity index (χ2n) is 5.78. The lowest BCUT2D eigenvalue weighted by molar-refractivity contribution is 0.0842.